The van der Waals surface area contributed by atoms with Gasteiger partial charge in [-0.3, -0.25) is 9.59 Å². The molecule has 0 radical (unpaired) electrons. The first kappa shape index (κ1) is 18.7. The van der Waals surface area contributed by atoms with Crippen LogP contribution in [-0.2, 0) is 14.3 Å². The minimum absolute atomic E-state index is 0.00993. The first-order valence-corrected chi connectivity index (χ1v) is 9.49. The van der Waals surface area contributed by atoms with Gasteiger partial charge in [0, 0.05) is 19.0 Å². The standard InChI is InChI=1S/C19H23ClN2O4/c20-15-9-8-13(11-16(15)22-10-4-7-18(22)24)19(25)26-12-17(23)21-14-5-2-1-3-6-14/h8-9,11,14H,1-7,10,12H2,(H,21,23). The van der Waals surface area contributed by atoms with E-state index in [1.165, 1.54) is 12.5 Å². The van der Waals surface area contributed by atoms with E-state index in [-0.39, 0.29) is 30.0 Å². The van der Waals surface area contributed by atoms with Crippen molar-refractivity contribution >= 4 is 35.1 Å². The molecule has 26 heavy (non-hydrogen) atoms. The van der Waals surface area contributed by atoms with Crippen molar-refractivity contribution < 1.29 is 19.1 Å². The molecule has 2 amide bonds. The second-order valence-corrected chi connectivity index (χ2v) is 7.20. The molecule has 1 saturated heterocycles. The average molecular weight is 379 g/mol. The highest BCUT2D eigenvalue weighted by Crippen LogP contribution is 2.30. The lowest BCUT2D eigenvalue weighted by atomic mass is 9.95. The Bertz CT molecular complexity index is 701. The highest BCUT2D eigenvalue weighted by atomic mass is 35.5. The molecule has 6 nitrogen and oxygen atoms in total. The van der Waals surface area contributed by atoms with Gasteiger partial charge in [0.1, 0.15) is 0 Å². The normalized spacial score (nSPS) is 18.0. The van der Waals surface area contributed by atoms with Crippen LogP contribution in [0.25, 0.3) is 0 Å². The van der Waals surface area contributed by atoms with Gasteiger partial charge >= 0.3 is 5.97 Å². The average Bonchev–Trinajstić information content (AvgIpc) is 3.07. The summed E-state index contributed by atoms with van der Waals surface area (Å²) in [7, 11) is 0. The predicted molar refractivity (Wildman–Crippen MR) is 98.3 cm³/mol. The van der Waals surface area contributed by atoms with Crippen LogP contribution in [-0.4, -0.2) is 37.0 Å². The van der Waals surface area contributed by atoms with Crippen LogP contribution in [0, 0.1) is 0 Å². The van der Waals surface area contributed by atoms with E-state index in [9.17, 15) is 14.4 Å². The number of amides is 2. The zero-order chi connectivity index (χ0) is 18.5. The smallest absolute Gasteiger partial charge is 0.338 e. The molecule has 3 rings (SSSR count). The first-order chi connectivity index (χ1) is 12.5. The van der Waals surface area contributed by atoms with E-state index < -0.39 is 5.97 Å². The van der Waals surface area contributed by atoms with E-state index in [4.69, 9.17) is 16.3 Å². The number of ether oxygens (including phenoxy) is 1. The largest absolute Gasteiger partial charge is 0.452 e. The van der Waals surface area contributed by atoms with Crippen LogP contribution in [0.3, 0.4) is 0 Å². The number of anilines is 1. The number of esters is 1. The van der Waals surface area contributed by atoms with Gasteiger partial charge in [0.2, 0.25) is 5.91 Å². The predicted octanol–water partition coefficient (Wildman–Crippen LogP) is 3.07. The van der Waals surface area contributed by atoms with Crippen LogP contribution in [0.15, 0.2) is 18.2 Å². The molecule has 1 heterocycles. The molecule has 140 valence electrons. The minimum Gasteiger partial charge on any atom is -0.452 e. The molecule has 1 N–H and O–H groups in total. The molecular formula is C19H23ClN2O4. The van der Waals surface area contributed by atoms with Crippen molar-refractivity contribution in [3.63, 3.8) is 0 Å². The summed E-state index contributed by atoms with van der Waals surface area (Å²) in [4.78, 5) is 37.7. The molecule has 7 heteroatoms. The Kier molecular flexibility index (Phi) is 6.14. The van der Waals surface area contributed by atoms with Crippen molar-refractivity contribution in [2.45, 2.75) is 51.0 Å². The van der Waals surface area contributed by atoms with Crippen molar-refractivity contribution in [1.29, 1.82) is 0 Å². The number of carbonyl (C=O) groups is 3. The summed E-state index contributed by atoms with van der Waals surface area (Å²) >= 11 is 6.17. The number of nitrogens with one attached hydrogen (secondary N) is 1. The number of hydrogen-bond donors (Lipinski definition) is 1. The van der Waals surface area contributed by atoms with Crippen LogP contribution in [0.5, 0.6) is 0 Å². The number of halogens is 1. The number of rotatable bonds is 5. The zero-order valence-corrected chi connectivity index (χ0v) is 15.4. The van der Waals surface area contributed by atoms with Gasteiger partial charge in [-0.25, -0.2) is 4.79 Å². The Morgan fingerprint density at radius 3 is 2.65 bits per heavy atom. The van der Waals surface area contributed by atoms with Gasteiger partial charge in [-0.15, -0.1) is 0 Å². The summed E-state index contributed by atoms with van der Waals surface area (Å²) in [6, 6.07) is 4.83. The lowest BCUT2D eigenvalue weighted by Crippen LogP contribution is -2.38. The summed E-state index contributed by atoms with van der Waals surface area (Å²) in [6.45, 7) is 0.275. The van der Waals surface area contributed by atoms with Gasteiger partial charge in [-0.1, -0.05) is 30.9 Å². The molecule has 1 aromatic rings. The van der Waals surface area contributed by atoms with Crippen LogP contribution in [0.1, 0.15) is 55.3 Å². The molecular weight excluding hydrogens is 356 g/mol. The Morgan fingerprint density at radius 2 is 1.96 bits per heavy atom. The molecule has 0 unspecified atom stereocenters. The number of nitrogens with zero attached hydrogens (tertiary/aromatic N) is 1. The summed E-state index contributed by atoms with van der Waals surface area (Å²) in [5.74, 6) is -0.896. The fraction of sp³-hybridized carbons (Fsp3) is 0.526. The van der Waals surface area contributed by atoms with Gasteiger partial charge in [0.05, 0.1) is 16.3 Å². The van der Waals surface area contributed by atoms with Crippen LogP contribution >= 0.6 is 11.6 Å². The maximum Gasteiger partial charge on any atom is 0.338 e. The Labute approximate surface area is 157 Å². The number of benzene rings is 1. The summed E-state index contributed by atoms with van der Waals surface area (Å²) < 4.78 is 5.12. The van der Waals surface area contributed by atoms with Crippen molar-refractivity contribution in [2.75, 3.05) is 18.1 Å². The Hall–Kier alpha value is -2.08. The summed E-state index contributed by atoms with van der Waals surface area (Å²) in [6.07, 6.45) is 6.65. The van der Waals surface area contributed by atoms with E-state index in [1.807, 2.05) is 0 Å². The van der Waals surface area contributed by atoms with E-state index in [2.05, 4.69) is 5.32 Å². The van der Waals surface area contributed by atoms with Gasteiger partial charge in [-0.05, 0) is 37.5 Å². The second kappa shape index (κ2) is 8.54. The molecule has 1 saturated carbocycles. The van der Waals surface area contributed by atoms with Gasteiger partial charge in [0.25, 0.3) is 5.91 Å². The number of carbonyl (C=O) groups excluding carboxylic acids is 3. The maximum absolute atomic E-state index is 12.3. The molecule has 1 aliphatic carbocycles. The molecule has 2 aliphatic rings. The SMILES string of the molecule is O=C(COC(=O)c1ccc(Cl)c(N2CCCC2=O)c1)NC1CCCCC1. The fourth-order valence-corrected chi connectivity index (χ4v) is 3.70. The Morgan fingerprint density at radius 1 is 1.19 bits per heavy atom. The lowest BCUT2D eigenvalue weighted by Gasteiger charge is -2.22. The molecule has 2 fully saturated rings. The van der Waals surface area contributed by atoms with Crippen molar-refractivity contribution in [3.8, 4) is 0 Å². The first-order valence-electron chi connectivity index (χ1n) is 9.11. The van der Waals surface area contributed by atoms with E-state index in [1.54, 1.807) is 17.0 Å². The summed E-state index contributed by atoms with van der Waals surface area (Å²) in [5, 5.41) is 3.32. The van der Waals surface area contributed by atoms with E-state index in [0.29, 0.717) is 23.7 Å². The highest BCUT2D eigenvalue weighted by Gasteiger charge is 2.25. The van der Waals surface area contributed by atoms with Crippen molar-refractivity contribution in [3.05, 3.63) is 28.8 Å². The summed E-state index contributed by atoms with van der Waals surface area (Å²) in [5.41, 5.74) is 0.782. The molecule has 0 spiro atoms. The maximum atomic E-state index is 12.3. The monoisotopic (exact) mass is 378 g/mol. The molecule has 0 atom stereocenters. The van der Waals surface area contributed by atoms with Crippen LogP contribution < -0.4 is 10.2 Å². The third kappa shape index (κ3) is 4.55. The quantitative estimate of drug-likeness (QED) is 0.799. The van der Waals surface area contributed by atoms with Gasteiger partial charge in [-0.2, -0.15) is 0 Å². The van der Waals surface area contributed by atoms with Crippen LogP contribution in [0.2, 0.25) is 5.02 Å². The van der Waals surface area contributed by atoms with Gasteiger partial charge in [0.15, 0.2) is 6.61 Å². The second-order valence-electron chi connectivity index (χ2n) is 6.79. The molecule has 1 aromatic carbocycles. The van der Waals surface area contributed by atoms with Gasteiger partial charge < -0.3 is 15.0 Å². The Balaban J connectivity index is 1.57. The third-order valence-corrected chi connectivity index (χ3v) is 5.17. The third-order valence-electron chi connectivity index (χ3n) is 4.85. The van der Waals surface area contributed by atoms with Crippen molar-refractivity contribution in [1.82, 2.24) is 5.32 Å². The minimum atomic E-state index is -0.603. The molecule has 0 bridgehead atoms. The lowest BCUT2D eigenvalue weighted by molar-refractivity contribution is -0.125. The van der Waals surface area contributed by atoms with Crippen molar-refractivity contribution in [2.24, 2.45) is 0 Å². The van der Waals surface area contributed by atoms with E-state index >= 15 is 0 Å². The fourth-order valence-electron chi connectivity index (χ4n) is 3.48. The molecule has 0 aromatic heterocycles. The number of hydrogen-bond acceptors (Lipinski definition) is 4. The van der Waals surface area contributed by atoms with E-state index in [0.717, 1.165) is 32.1 Å². The zero-order valence-electron chi connectivity index (χ0n) is 14.6. The topological polar surface area (TPSA) is 75.7 Å². The van der Waals surface area contributed by atoms with Crippen LogP contribution in [0.4, 0.5) is 5.69 Å². The highest BCUT2D eigenvalue weighted by molar-refractivity contribution is 6.34. The molecule has 1 aliphatic heterocycles.